The molecule has 0 aliphatic heterocycles. The van der Waals surface area contributed by atoms with Gasteiger partial charge in [-0.2, -0.15) is 0 Å². The van der Waals surface area contributed by atoms with E-state index in [1.54, 1.807) is 35.2 Å². The van der Waals surface area contributed by atoms with Crippen LogP contribution in [0.1, 0.15) is 54.4 Å². The molecule has 3 aromatic rings. The van der Waals surface area contributed by atoms with Crippen molar-refractivity contribution in [3.8, 4) is 11.5 Å². The number of carbonyl (C=O) groups is 3. The molecule has 0 radical (unpaired) electrons. The predicted octanol–water partition coefficient (Wildman–Crippen LogP) is 6.73. The first-order valence-electron chi connectivity index (χ1n) is 13.9. The van der Waals surface area contributed by atoms with E-state index < -0.39 is 12.0 Å². The molecule has 4 rings (SSSR count). The van der Waals surface area contributed by atoms with E-state index in [4.69, 9.17) is 14.6 Å². The highest BCUT2D eigenvalue weighted by molar-refractivity contribution is 6.01. The molecule has 0 saturated heterocycles. The lowest BCUT2D eigenvalue weighted by Gasteiger charge is -2.27. The van der Waals surface area contributed by atoms with Gasteiger partial charge in [-0.1, -0.05) is 37.5 Å². The number of carboxylic acid groups (broad SMARTS) is 1. The van der Waals surface area contributed by atoms with Crippen molar-refractivity contribution in [2.75, 3.05) is 35.8 Å². The van der Waals surface area contributed by atoms with Crippen molar-refractivity contribution < 1.29 is 29.0 Å². The van der Waals surface area contributed by atoms with Gasteiger partial charge in [-0.25, -0.2) is 9.59 Å². The summed E-state index contributed by atoms with van der Waals surface area (Å²) in [5.74, 6) is 0.295. The molecule has 0 aromatic heterocycles. The number of aryl methyl sites for hydroxylation is 1. The SMILES string of the molecule is COc1cc(N(CCOc2ccc(C(=O)O)cc2)C(=O)CC2CCCCC2)ccc1NC(=O)Nc1ccccc1C. The molecule has 1 aliphatic carbocycles. The number of methoxy groups -OCH3 is 1. The number of anilines is 3. The number of para-hydroxylation sites is 1. The lowest BCUT2D eigenvalue weighted by Crippen LogP contribution is -2.36. The fourth-order valence-electron chi connectivity index (χ4n) is 5.03. The Balaban J connectivity index is 1.48. The number of hydrogen-bond donors (Lipinski definition) is 3. The average Bonchev–Trinajstić information content (AvgIpc) is 2.97. The molecule has 1 aliphatic rings. The van der Waals surface area contributed by atoms with E-state index in [1.165, 1.54) is 25.7 Å². The van der Waals surface area contributed by atoms with Gasteiger partial charge in [-0.05, 0) is 73.7 Å². The summed E-state index contributed by atoms with van der Waals surface area (Å²) in [5.41, 5.74) is 2.93. The Labute approximate surface area is 240 Å². The number of carbonyl (C=O) groups excluding carboxylic acids is 2. The maximum Gasteiger partial charge on any atom is 0.335 e. The second kappa shape index (κ2) is 14.2. The van der Waals surface area contributed by atoms with E-state index in [-0.39, 0.29) is 24.6 Å². The van der Waals surface area contributed by atoms with Gasteiger partial charge in [0.05, 0.1) is 24.9 Å². The van der Waals surface area contributed by atoms with E-state index in [0.29, 0.717) is 40.9 Å². The quantitative estimate of drug-likeness (QED) is 0.240. The fourth-order valence-corrected chi connectivity index (χ4v) is 5.03. The maximum atomic E-state index is 13.6. The van der Waals surface area contributed by atoms with Gasteiger partial charge in [-0.15, -0.1) is 0 Å². The minimum atomic E-state index is -1.00. The topological polar surface area (TPSA) is 117 Å². The number of nitrogens with one attached hydrogen (secondary N) is 2. The summed E-state index contributed by atoms with van der Waals surface area (Å²) in [6.45, 7) is 2.42. The van der Waals surface area contributed by atoms with Gasteiger partial charge >= 0.3 is 12.0 Å². The van der Waals surface area contributed by atoms with Crippen LogP contribution < -0.4 is 25.0 Å². The summed E-state index contributed by atoms with van der Waals surface area (Å²) in [5, 5.41) is 14.8. The van der Waals surface area contributed by atoms with Crippen LogP contribution in [0.5, 0.6) is 11.5 Å². The number of amides is 3. The first kappa shape index (κ1) is 29.5. The van der Waals surface area contributed by atoms with Gasteiger partial charge in [0, 0.05) is 23.9 Å². The highest BCUT2D eigenvalue weighted by Crippen LogP contribution is 2.32. The van der Waals surface area contributed by atoms with Crippen molar-refractivity contribution in [1.29, 1.82) is 0 Å². The second-order valence-corrected chi connectivity index (χ2v) is 10.2. The monoisotopic (exact) mass is 559 g/mol. The van der Waals surface area contributed by atoms with Gasteiger partial charge in [0.15, 0.2) is 0 Å². The Morgan fingerprint density at radius 3 is 2.32 bits per heavy atom. The Kier molecular flexibility index (Phi) is 10.2. The number of urea groups is 1. The zero-order chi connectivity index (χ0) is 29.2. The summed E-state index contributed by atoms with van der Waals surface area (Å²) in [6, 6.07) is 18.5. The van der Waals surface area contributed by atoms with Crippen LogP contribution >= 0.6 is 0 Å². The Morgan fingerprint density at radius 2 is 1.63 bits per heavy atom. The Bertz CT molecular complexity index is 1350. The number of aromatic carboxylic acids is 1. The van der Waals surface area contributed by atoms with Crippen LogP contribution in [0.15, 0.2) is 66.7 Å². The van der Waals surface area contributed by atoms with Gasteiger partial charge in [-0.3, -0.25) is 4.79 Å². The second-order valence-electron chi connectivity index (χ2n) is 10.2. The molecule has 1 saturated carbocycles. The van der Waals surface area contributed by atoms with Crippen molar-refractivity contribution in [1.82, 2.24) is 0 Å². The molecule has 3 amide bonds. The van der Waals surface area contributed by atoms with Gasteiger partial charge in [0.1, 0.15) is 18.1 Å². The molecular weight excluding hydrogens is 522 g/mol. The van der Waals surface area contributed by atoms with E-state index >= 15 is 0 Å². The number of nitrogens with zero attached hydrogens (tertiary/aromatic N) is 1. The molecule has 9 nitrogen and oxygen atoms in total. The summed E-state index contributed by atoms with van der Waals surface area (Å²) >= 11 is 0. The summed E-state index contributed by atoms with van der Waals surface area (Å²) in [7, 11) is 1.52. The van der Waals surface area contributed by atoms with Crippen LogP contribution in [0, 0.1) is 12.8 Å². The molecule has 1 fully saturated rings. The molecule has 3 aromatic carbocycles. The van der Waals surface area contributed by atoms with Crippen LogP contribution in [-0.4, -0.2) is 43.3 Å². The molecule has 0 heterocycles. The molecule has 0 unspecified atom stereocenters. The lowest BCUT2D eigenvalue weighted by atomic mass is 9.86. The van der Waals surface area contributed by atoms with Crippen molar-refractivity contribution in [2.45, 2.75) is 45.4 Å². The van der Waals surface area contributed by atoms with Gasteiger partial charge in [0.2, 0.25) is 5.91 Å². The highest BCUT2D eigenvalue weighted by atomic mass is 16.5. The number of ether oxygens (including phenoxy) is 2. The minimum absolute atomic E-state index is 0.00165. The van der Waals surface area contributed by atoms with Crippen molar-refractivity contribution in [3.05, 3.63) is 77.9 Å². The number of carboxylic acids is 1. The lowest BCUT2D eigenvalue weighted by molar-refractivity contribution is -0.119. The molecule has 3 N–H and O–H groups in total. The Morgan fingerprint density at radius 1 is 0.927 bits per heavy atom. The molecule has 0 atom stereocenters. The van der Waals surface area contributed by atoms with Crippen LogP contribution in [0.25, 0.3) is 0 Å². The molecule has 0 bridgehead atoms. The molecule has 41 heavy (non-hydrogen) atoms. The minimum Gasteiger partial charge on any atom is -0.494 e. The van der Waals surface area contributed by atoms with E-state index in [2.05, 4.69) is 10.6 Å². The molecule has 0 spiro atoms. The first-order chi connectivity index (χ1) is 19.8. The van der Waals surface area contributed by atoms with E-state index in [0.717, 1.165) is 31.2 Å². The largest absolute Gasteiger partial charge is 0.494 e. The van der Waals surface area contributed by atoms with Gasteiger partial charge < -0.3 is 30.1 Å². The normalized spacial score (nSPS) is 13.2. The summed E-state index contributed by atoms with van der Waals surface area (Å²) < 4.78 is 11.4. The predicted molar refractivity (Wildman–Crippen MR) is 159 cm³/mol. The smallest absolute Gasteiger partial charge is 0.335 e. The number of hydrogen-bond acceptors (Lipinski definition) is 5. The van der Waals surface area contributed by atoms with E-state index in [1.807, 2.05) is 31.2 Å². The zero-order valence-corrected chi connectivity index (χ0v) is 23.5. The van der Waals surface area contributed by atoms with Crippen molar-refractivity contribution in [2.24, 2.45) is 5.92 Å². The third kappa shape index (κ3) is 8.23. The molecule has 216 valence electrons. The van der Waals surface area contributed by atoms with Crippen molar-refractivity contribution in [3.63, 3.8) is 0 Å². The first-order valence-corrected chi connectivity index (χ1v) is 13.9. The van der Waals surface area contributed by atoms with Crippen LogP contribution in [0.3, 0.4) is 0 Å². The number of rotatable bonds is 11. The van der Waals surface area contributed by atoms with Crippen LogP contribution in [0.4, 0.5) is 21.9 Å². The van der Waals surface area contributed by atoms with E-state index in [9.17, 15) is 14.4 Å². The zero-order valence-electron chi connectivity index (χ0n) is 23.5. The van der Waals surface area contributed by atoms with Gasteiger partial charge in [0.25, 0.3) is 0 Å². The standard InChI is InChI=1S/C32H37N3O6/c1-22-8-6-7-11-27(22)33-32(39)34-28-17-14-25(21-29(28)40-2)35(30(36)20-23-9-4-3-5-10-23)18-19-41-26-15-12-24(13-16-26)31(37)38/h6-8,11-17,21,23H,3-5,9-10,18-20H2,1-2H3,(H,37,38)(H2,33,34,39). The Hall–Kier alpha value is -4.53. The van der Waals surface area contributed by atoms with Crippen LogP contribution in [-0.2, 0) is 4.79 Å². The third-order valence-electron chi connectivity index (χ3n) is 7.31. The fraction of sp³-hybridized carbons (Fsp3) is 0.344. The van der Waals surface area contributed by atoms with Crippen LogP contribution in [0.2, 0.25) is 0 Å². The average molecular weight is 560 g/mol. The number of benzene rings is 3. The summed E-state index contributed by atoms with van der Waals surface area (Å²) in [6.07, 6.45) is 6.06. The molecule has 9 heteroatoms. The summed E-state index contributed by atoms with van der Waals surface area (Å²) in [4.78, 5) is 39.1. The third-order valence-corrected chi connectivity index (χ3v) is 7.31. The van der Waals surface area contributed by atoms with Crippen molar-refractivity contribution >= 4 is 35.0 Å². The maximum absolute atomic E-state index is 13.6. The molecular formula is C32H37N3O6. The highest BCUT2D eigenvalue weighted by Gasteiger charge is 2.23.